The average molecular weight is 500 g/mol. The van der Waals surface area contributed by atoms with E-state index in [2.05, 4.69) is 43.7 Å². The number of nitrogens with one attached hydrogen (secondary N) is 2. The van der Waals surface area contributed by atoms with Gasteiger partial charge in [0.25, 0.3) is 0 Å². The highest BCUT2D eigenvalue weighted by molar-refractivity contribution is 5.86. The number of hydrogen-bond donors (Lipinski definition) is 3. The van der Waals surface area contributed by atoms with E-state index in [4.69, 9.17) is 5.73 Å². The minimum atomic E-state index is -0.367. The molecule has 0 spiro atoms. The van der Waals surface area contributed by atoms with Crippen LogP contribution in [0, 0.1) is 5.82 Å². The van der Waals surface area contributed by atoms with Crippen molar-refractivity contribution in [2.24, 2.45) is 0 Å². The van der Waals surface area contributed by atoms with Crippen LogP contribution in [0.5, 0.6) is 0 Å². The van der Waals surface area contributed by atoms with Crippen molar-refractivity contribution in [2.45, 2.75) is 51.9 Å². The Hall–Kier alpha value is -3.94. The number of benzene rings is 1. The van der Waals surface area contributed by atoms with Crippen LogP contribution in [0.25, 0.3) is 22.3 Å². The molecule has 4 aromatic rings. The van der Waals surface area contributed by atoms with Crippen molar-refractivity contribution in [3.63, 3.8) is 0 Å². The van der Waals surface area contributed by atoms with Crippen molar-refractivity contribution in [1.29, 1.82) is 0 Å². The molecule has 0 saturated carbocycles. The van der Waals surface area contributed by atoms with E-state index in [-0.39, 0.29) is 12.2 Å². The molecule has 0 atom stereocenters. The van der Waals surface area contributed by atoms with Gasteiger partial charge in [0.05, 0.1) is 17.6 Å². The Balaban J connectivity index is 1.42. The first kappa shape index (κ1) is 24.7. The summed E-state index contributed by atoms with van der Waals surface area (Å²) < 4.78 is 15.9. The van der Waals surface area contributed by atoms with Gasteiger partial charge in [-0.25, -0.2) is 14.4 Å². The number of nitrogen functional groups attached to an aromatic ring is 1. The number of anilines is 3. The van der Waals surface area contributed by atoms with Crippen LogP contribution < -0.4 is 16.0 Å². The lowest BCUT2D eigenvalue weighted by Gasteiger charge is -2.28. The maximum Gasteiger partial charge on any atom is 0.179 e. The summed E-state index contributed by atoms with van der Waals surface area (Å²) in [5.74, 6) is 0.268. The van der Waals surface area contributed by atoms with Gasteiger partial charge in [-0.15, -0.1) is 0 Å². The molecular weight excluding hydrogens is 465 g/mol. The fourth-order valence-electron chi connectivity index (χ4n) is 4.95. The average Bonchev–Trinajstić information content (AvgIpc) is 3.33. The van der Waals surface area contributed by atoms with E-state index in [9.17, 15) is 0 Å². The second-order valence-electron chi connectivity index (χ2n) is 9.73. The van der Waals surface area contributed by atoms with E-state index in [1.807, 2.05) is 12.1 Å². The predicted molar refractivity (Wildman–Crippen MR) is 149 cm³/mol. The summed E-state index contributed by atoms with van der Waals surface area (Å²) in [6.45, 7) is 8.27. The summed E-state index contributed by atoms with van der Waals surface area (Å²) in [6.07, 6.45) is 12.1. The number of nitrogens with two attached hydrogens (primary N) is 1. The molecule has 5 rings (SSSR count). The van der Waals surface area contributed by atoms with Gasteiger partial charge in [-0.2, -0.15) is 0 Å². The summed E-state index contributed by atoms with van der Waals surface area (Å²) >= 11 is 0. The fourth-order valence-corrected chi connectivity index (χ4v) is 4.95. The molecule has 1 aliphatic heterocycles. The Bertz CT molecular complexity index is 1400. The first-order valence-corrected chi connectivity index (χ1v) is 13.1. The van der Waals surface area contributed by atoms with E-state index in [0.717, 1.165) is 54.9 Å². The van der Waals surface area contributed by atoms with Gasteiger partial charge in [-0.05, 0) is 56.4 Å². The number of allylic oxidation sites excluding steroid dienone is 1. The van der Waals surface area contributed by atoms with Crippen molar-refractivity contribution in [2.75, 3.05) is 29.0 Å². The third kappa shape index (κ3) is 5.43. The normalized spacial score (nSPS) is 13.7. The summed E-state index contributed by atoms with van der Waals surface area (Å²) in [5.41, 5.74) is 12.5. The minimum absolute atomic E-state index is 0.237. The Morgan fingerprint density at radius 2 is 2.03 bits per heavy atom. The second-order valence-corrected chi connectivity index (χ2v) is 9.73. The van der Waals surface area contributed by atoms with Gasteiger partial charge in [0, 0.05) is 60.0 Å². The van der Waals surface area contributed by atoms with Crippen molar-refractivity contribution >= 4 is 28.2 Å². The van der Waals surface area contributed by atoms with Crippen LogP contribution in [0.3, 0.4) is 0 Å². The Kier molecular flexibility index (Phi) is 7.35. The fraction of sp³-hybridized carbons (Fsp3) is 0.345. The molecule has 1 saturated heterocycles. The summed E-state index contributed by atoms with van der Waals surface area (Å²) in [7, 11) is 0. The number of hydrogen-bond acceptors (Lipinski definition) is 6. The van der Waals surface area contributed by atoms with E-state index in [0.29, 0.717) is 33.8 Å². The summed E-state index contributed by atoms with van der Waals surface area (Å²) in [4.78, 5) is 19.2. The van der Waals surface area contributed by atoms with E-state index in [1.54, 1.807) is 30.7 Å². The van der Waals surface area contributed by atoms with Gasteiger partial charge in [-0.1, -0.05) is 19.9 Å². The van der Waals surface area contributed by atoms with Crippen molar-refractivity contribution < 1.29 is 4.39 Å². The highest BCUT2D eigenvalue weighted by Gasteiger charge is 2.19. The first-order chi connectivity index (χ1) is 18.0. The lowest BCUT2D eigenvalue weighted by molar-refractivity contribution is 0.578. The number of H-pyrrole nitrogens is 1. The van der Waals surface area contributed by atoms with Crippen molar-refractivity contribution in [1.82, 2.24) is 19.9 Å². The highest BCUT2D eigenvalue weighted by atomic mass is 19.1. The number of piperidine rings is 1. The number of aromatic nitrogens is 4. The molecule has 0 radical (unpaired) electrons. The molecule has 3 aromatic heterocycles. The number of halogens is 1. The number of rotatable bonds is 9. The zero-order valence-electron chi connectivity index (χ0n) is 21.4. The Morgan fingerprint density at radius 1 is 1.19 bits per heavy atom. The van der Waals surface area contributed by atoms with E-state index >= 15 is 4.39 Å². The minimum Gasteiger partial charge on any atom is -0.398 e. The molecule has 8 heteroatoms. The van der Waals surface area contributed by atoms with Gasteiger partial charge in [0.2, 0.25) is 0 Å². The first-order valence-electron chi connectivity index (χ1n) is 13.1. The second kappa shape index (κ2) is 11.0. The largest absolute Gasteiger partial charge is 0.398 e. The molecule has 0 bridgehead atoms. The van der Waals surface area contributed by atoms with E-state index in [1.165, 1.54) is 19.3 Å². The van der Waals surface area contributed by atoms with Crippen LogP contribution in [0.4, 0.5) is 21.5 Å². The number of pyridine rings is 2. The molecule has 7 nitrogen and oxygen atoms in total. The lowest BCUT2D eigenvalue weighted by atomic mass is 9.99. The highest BCUT2D eigenvalue weighted by Crippen LogP contribution is 2.32. The molecule has 37 heavy (non-hydrogen) atoms. The molecule has 0 unspecified atom stereocenters. The molecule has 0 amide bonds. The Labute approximate surface area is 217 Å². The van der Waals surface area contributed by atoms with E-state index < -0.39 is 0 Å². The number of fused-ring (bicyclic) bond motifs is 1. The van der Waals surface area contributed by atoms with Crippen LogP contribution in [-0.2, 0) is 6.42 Å². The smallest absolute Gasteiger partial charge is 0.179 e. The van der Waals surface area contributed by atoms with Crippen LogP contribution >= 0.6 is 0 Å². The third-order valence-corrected chi connectivity index (χ3v) is 6.94. The molecule has 4 N–H and O–H groups in total. The molecule has 1 aliphatic rings. The SMILES string of the molecule is C=C(CCCC)Nc1cncc(-c2ccc(N)c(Cc3nc4nccc(N5CCCCC5)c4[nH]3)c2F)c1. The molecular formula is C29H34FN7. The van der Waals surface area contributed by atoms with Crippen LogP contribution in [-0.4, -0.2) is 33.0 Å². The maximum atomic E-state index is 15.9. The Morgan fingerprint density at radius 3 is 2.84 bits per heavy atom. The van der Waals surface area contributed by atoms with Gasteiger partial charge < -0.3 is 20.9 Å². The topological polar surface area (TPSA) is 95.8 Å². The van der Waals surface area contributed by atoms with Crippen LogP contribution in [0.2, 0.25) is 0 Å². The monoisotopic (exact) mass is 499 g/mol. The number of nitrogens with zero attached hydrogens (tertiary/aromatic N) is 4. The van der Waals surface area contributed by atoms with Crippen molar-refractivity contribution in [3.05, 3.63) is 72.3 Å². The number of imidazole rings is 1. The van der Waals surface area contributed by atoms with Crippen LogP contribution in [0.15, 0.2) is 55.1 Å². The van der Waals surface area contributed by atoms with Crippen molar-refractivity contribution in [3.8, 4) is 11.1 Å². The third-order valence-electron chi connectivity index (χ3n) is 6.94. The predicted octanol–water partition coefficient (Wildman–Crippen LogP) is 6.44. The summed E-state index contributed by atoms with van der Waals surface area (Å²) in [6, 6.07) is 7.36. The molecule has 0 aliphatic carbocycles. The summed E-state index contributed by atoms with van der Waals surface area (Å²) in [5, 5.41) is 3.29. The van der Waals surface area contributed by atoms with Gasteiger partial charge in [0.1, 0.15) is 17.2 Å². The van der Waals surface area contributed by atoms with Gasteiger partial charge >= 0.3 is 0 Å². The zero-order chi connectivity index (χ0) is 25.8. The molecule has 4 heterocycles. The van der Waals surface area contributed by atoms with Gasteiger partial charge in [-0.3, -0.25) is 4.98 Å². The van der Waals surface area contributed by atoms with Gasteiger partial charge in [0.15, 0.2) is 5.65 Å². The zero-order valence-corrected chi connectivity index (χ0v) is 21.4. The molecule has 1 aromatic carbocycles. The quantitative estimate of drug-likeness (QED) is 0.229. The molecule has 192 valence electrons. The number of unbranched alkanes of at least 4 members (excludes halogenated alkanes) is 1. The molecule has 1 fully saturated rings. The standard InChI is InChI=1S/C29H34FN7/c1-3-4-8-19(2)34-21-15-20(17-32-18-21)22-9-10-24(31)23(27(22)30)16-26-35-28-25(11-12-33-29(28)36-26)37-13-6-5-7-14-37/h9-12,15,17-18,34H,2-8,13-14,16,31H2,1H3,(H,33,35,36). The number of aromatic amines is 1. The lowest BCUT2D eigenvalue weighted by Crippen LogP contribution is -2.29. The maximum absolute atomic E-state index is 15.9. The van der Waals surface area contributed by atoms with Crippen LogP contribution in [0.1, 0.15) is 56.8 Å².